The predicted molar refractivity (Wildman–Crippen MR) is 97.7 cm³/mol. The molecule has 1 N–H and O–H groups in total. The molecule has 0 atom stereocenters. The van der Waals surface area contributed by atoms with Crippen LogP contribution in [0.15, 0.2) is 58.2 Å². The molecule has 0 bridgehead atoms. The fourth-order valence-electron chi connectivity index (χ4n) is 2.68. The highest BCUT2D eigenvalue weighted by molar-refractivity contribution is 7.90. The number of hydrogen-bond donors (Lipinski definition) is 1. The summed E-state index contributed by atoms with van der Waals surface area (Å²) in [4.78, 5) is 33.1. The third-order valence-electron chi connectivity index (χ3n) is 3.91. The Kier molecular flexibility index (Phi) is 4.60. The Labute approximate surface area is 150 Å². The van der Waals surface area contributed by atoms with Crippen LogP contribution < -0.4 is 5.56 Å². The summed E-state index contributed by atoms with van der Waals surface area (Å²) in [6.45, 7) is 0.0387. The Bertz CT molecular complexity index is 1150. The number of amides is 1. The first-order valence-electron chi connectivity index (χ1n) is 7.80. The topological polar surface area (TPSA) is 100 Å². The van der Waals surface area contributed by atoms with Gasteiger partial charge in [0.25, 0.3) is 11.5 Å². The third-order valence-corrected chi connectivity index (χ3v) is 5.07. The summed E-state index contributed by atoms with van der Waals surface area (Å²) in [7, 11) is -2.02. The number of hydrogen-bond acceptors (Lipinski definition) is 5. The van der Waals surface area contributed by atoms with Crippen LogP contribution >= 0.6 is 0 Å². The van der Waals surface area contributed by atoms with Gasteiger partial charge in [-0.3, -0.25) is 9.59 Å². The molecule has 2 aromatic carbocycles. The fourth-order valence-corrected chi connectivity index (χ4v) is 3.56. The van der Waals surface area contributed by atoms with Gasteiger partial charge in [-0.05, 0) is 24.3 Å². The Morgan fingerprint density at radius 1 is 1.12 bits per heavy atom. The molecule has 0 aliphatic carbocycles. The van der Waals surface area contributed by atoms with E-state index in [9.17, 15) is 18.0 Å². The van der Waals surface area contributed by atoms with E-state index in [1.165, 1.54) is 24.1 Å². The summed E-state index contributed by atoms with van der Waals surface area (Å²) in [5, 5.41) is 0.465. The van der Waals surface area contributed by atoms with Gasteiger partial charge >= 0.3 is 0 Å². The van der Waals surface area contributed by atoms with E-state index in [4.69, 9.17) is 0 Å². The number of benzene rings is 2. The Morgan fingerprint density at radius 2 is 1.77 bits per heavy atom. The van der Waals surface area contributed by atoms with Crippen LogP contribution in [0.4, 0.5) is 0 Å². The van der Waals surface area contributed by atoms with Gasteiger partial charge in [0.2, 0.25) is 0 Å². The summed E-state index contributed by atoms with van der Waals surface area (Å²) in [6, 6.07) is 12.9. The van der Waals surface area contributed by atoms with Crippen LogP contribution in [-0.4, -0.2) is 42.5 Å². The number of nitrogens with zero attached hydrogens (tertiary/aromatic N) is 2. The quantitative estimate of drug-likeness (QED) is 0.751. The Balaban J connectivity index is 1.93. The third kappa shape index (κ3) is 3.50. The molecule has 0 fully saturated rings. The molecule has 8 heteroatoms. The van der Waals surface area contributed by atoms with Gasteiger partial charge in [0.15, 0.2) is 9.84 Å². The van der Waals surface area contributed by atoms with Crippen LogP contribution in [0.5, 0.6) is 0 Å². The zero-order chi connectivity index (χ0) is 18.9. The van der Waals surface area contributed by atoms with E-state index in [1.54, 1.807) is 36.4 Å². The van der Waals surface area contributed by atoms with E-state index in [-0.39, 0.29) is 22.6 Å². The van der Waals surface area contributed by atoms with Gasteiger partial charge < -0.3 is 9.88 Å². The van der Waals surface area contributed by atoms with Gasteiger partial charge in [-0.1, -0.05) is 24.3 Å². The molecule has 0 saturated carbocycles. The van der Waals surface area contributed by atoms with Crippen molar-refractivity contribution in [1.29, 1.82) is 0 Å². The summed E-state index contributed by atoms with van der Waals surface area (Å²) in [5.41, 5.74) is 0.326. The van der Waals surface area contributed by atoms with Crippen molar-refractivity contribution in [2.24, 2.45) is 0 Å². The number of aromatic nitrogens is 2. The smallest absolute Gasteiger partial charge is 0.258 e. The Morgan fingerprint density at radius 3 is 2.50 bits per heavy atom. The van der Waals surface area contributed by atoms with Crippen LogP contribution in [0.3, 0.4) is 0 Å². The molecule has 7 nitrogen and oxygen atoms in total. The van der Waals surface area contributed by atoms with Crippen molar-refractivity contribution >= 4 is 26.6 Å². The zero-order valence-corrected chi connectivity index (χ0v) is 15.1. The van der Waals surface area contributed by atoms with E-state index < -0.39 is 15.7 Å². The molecule has 1 aromatic heterocycles. The van der Waals surface area contributed by atoms with E-state index >= 15 is 0 Å². The Hall–Kier alpha value is -3.00. The largest absolute Gasteiger partial charge is 0.334 e. The highest BCUT2D eigenvalue weighted by atomic mass is 32.2. The zero-order valence-electron chi connectivity index (χ0n) is 14.3. The minimum absolute atomic E-state index is 0.0307. The minimum Gasteiger partial charge on any atom is -0.334 e. The lowest BCUT2D eigenvalue weighted by Gasteiger charge is -2.18. The number of carbonyl (C=O) groups is 1. The van der Waals surface area contributed by atoms with Crippen LogP contribution in [-0.2, 0) is 16.4 Å². The van der Waals surface area contributed by atoms with Crippen molar-refractivity contribution in [2.45, 2.75) is 11.4 Å². The number of rotatable bonds is 4. The summed E-state index contributed by atoms with van der Waals surface area (Å²) in [5.74, 6) is -0.150. The molecule has 0 aliphatic heterocycles. The second kappa shape index (κ2) is 6.72. The van der Waals surface area contributed by atoms with Crippen LogP contribution in [0.25, 0.3) is 10.9 Å². The lowest BCUT2D eigenvalue weighted by molar-refractivity contribution is 0.0777. The standard InChI is InChI=1S/C18H17N3O4S/c1-21(18(23)13-8-4-6-10-15(13)26(2,24)25)11-16-19-14-9-5-3-7-12(14)17(22)20-16/h3-10H,11H2,1-2H3,(H,19,20,22). The highest BCUT2D eigenvalue weighted by Gasteiger charge is 2.21. The number of H-pyrrole nitrogens is 1. The maximum Gasteiger partial charge on any atom is 0.258 e. The molecule has 3 aromatic rings. The van der Waals surface area contributed by atoms with Crippen molar-refractivity contribution < 1.29 is 13.2 Å². The fraction of sp³-hybridized carbons (Fsp3) is 0.167. The number of sulfone groups is 1. The molecule has 0 spiro atoms. The van der Waals surface area contributed by atoms with Gasteiger partial charge in [-0.2, -0.15) is 0 Å². The normalized spacial score (nSPS) is 11.5. The minimum atomic E-state index is -3.54. The van der Waals surface area contributed by atoms with Gasteiger partial charge in [0, 0.05) is 13.3 Å². The molecule has 0 saturated heterocycles. The van der Waals surface area contributed by atoms with Crippen molar-refractivity contribution in [2.75, 3.05) is 13.3 Å². The number of aromatic amines is 1. The highest BCUT2D eigenvalue weighted by Crippen LogP contribution is 2.17. The number of fused-ring (bicyclic) bond motifs is 1. The number of carbonyl (C=O) groups excluding carboxylic acids is 1. The van der Waals surface area contributed by atoms with Crippen LogP contribution in [0.2, 0.25) is 0 Å². The summed E-state index contributed by atoms with van der Waals surface area (Å²) in [6.07, 6.45) is 1.06. The molecular formula is C18H17N3O4S. The maximum atomic E-state index is 12.7. The van der Waals surface area contributed by atoms with E-state index in [0.29, 0.717) is 16.7 Å². The van der Waals surface area contributed by atoms with E-state index in [1.807, 2.05) is 0 Å². The number of para-hydroxylation sites is 1. The van der Waals surface area contributed by atoms with E-state index in [0.717, 1.165) is 6.26 Å². The molecule has 3 rings (SSSR count). The number of nitrogens with one attached hydrogen (secondary N) is 1. The molecule has 1 amide bonds. The molecule has 134 valence electrons. The van der Waals surface area contributed by atoms with Crippen molar-refractivity contribution in [3.8, 4) is 0 Å². The maximum absolute atomic E-state index is 12.7. The average Bonchev–Trinajstić information content (AvgIpc) is 2.60. The predicted octanol–water partition coefficient (Wildman–Crippen LogP) is 1.60. The summed E-state index contributed by atoms with van der Waals surface area (Å²) < 4.78 is 23.8. The first-order chi connectivity index (χ1) is 12.3. The molecule has 1 heterocycles. The monoisotopic (exact) mass is 371 g/mol. The molecule has 26 heavy (non-hydrogen) atoms. The van der Waals surface area contributed by atoms with Crippen molar-refractivity contribution in [3.05, 3.63) is 70.3 Å². The summed E-state index contributed by atoms with van der Waals surface area (Å²) >= 11 is 0. The van der Waals surface area contributed by atoms with Crippen LogP contribution in [0, 0.1) is 0 Å². The average molecular weight is 371 g/mol. The SMILES string of the molecule is CN(Cc1nc2ccccc2c(=O)[nH]1)C(=O)c1ccccc1S(C)(=O)=O. The van der Waals surface area contributed by atoms with Gasteiger partial charge in [-0.15, -0.1) is 0 Å². The van der Waals surface area contributed by atoms with Gasteiger partial charge in [0.1, 0.15) is 5.82 Å². The molecule has 0 unspecified atom stereocenters. The van der Waals surface area contributed by atoms with Crippen molar-refractivity contribution in [1.82, 2.24) is 14.9 Å². The first-order valence-corrected chi connectivity index (χ1v) is 9.69. The molecule has 0 aliphatic rings. The molecule has 0 radical (unpaired) electrons. The molecular weight excluding hydrogens is 354 g/mol. The van der Waals surface area contributed by atoms with Crippen LogP contribution in [0.1, 0.15) is 16.2 Å². The van der Waals surface area contributed by atoms with Gasteiger partial charge in [-0.25, -0.2) is 13.4 Å². The van der Waals surface area contributed by atoms with Gasteiger partial charge in [0.05, 0.1) is 27.9 Å². The first kappa shape index (κ1) is 17.8. The van der Waals surface area contributed by atoms with E-state index in [2.05, 4.69) is 9.97 Å². The lowest BCUT2D eigenvalue weighted by Crippen LogP contribution is -2.29. The lowest BCUT2D eigenvalue weighted by atomic mass is 10.2. The second-order valence-electron chi connectivity index (χ2n) is 5.96. The van der Waals surface area contributed by atoms with Crippen molar-refractivity contribution in [3.63, 3.8) is 0 Å². The second-order valence-corrected chi connectivity index (χ2v) is 7.94.